The van der Waals surface area contributed by atoms with Gasteiger partial charge in [0.05, 0.1) is 0 Å². The Labute approximate surface area is 78.5 Å². The van der Waals surface area contributed by atoms with E-state index < -0.39 is 0 Å². The molecule has 2 aliphatic rings. The minimum absolute atomic E-state index is 0.00425. The van der Waals surface area contributed by atoms with E-state index in [1.807, 2.05) is 0 Å². The van der Waals surface area contributed by atoms with E-state index in [1.165, 1.54) is 12.8 Å². The predicted molar refractivity (Wildman–Crippen MR) is 50.6 cm³/mol. The van der Waals surface area contributed by atoms with Crippen molar-refractivity contribution in [2.75, 3.05) is 26.2 Å². The molecule has 2 rings (SSSR count). The van der Waals surface area contributed by atoms with Crippen LogP contribution < -0.4 is 16.0 Å². The first kappa shape index (κ1) is 8.81. The highest BCUT2D eigenvalue weighted by Crippen LogP contribution is 2.32. The molecule has 0 atom stereocenters. The molecule has 0 saturated carbocycles. The number of nitrogens with one attached hydrogen (secondary N) is 3. The van der Waals surface area contributed by atoms with Gasteiger partial charge in [-0.3, -0.25) is 0 Å². The molecular formula is C9H17N3O. The van der Waals surface area contributed by atoms with Gasteiger partial charge in [0, 0.05) is 13.1 Å². The topological polar surface area (TPSA) is 53.2 Å². The molecule has 2 aliphatic heterocycles. The maximum Gasteiger partial charge on any atom is 0.314 e. The molecule has 13 heavy (non-hydrogen) atoms. The summed E-state index contributed by atoms with van der Waals surface area (Å²) >= 11 is 0. The summed E-state index contributed by atoms with van der Waals surface area (Å²) in [6.07, 6.45) is 3.50. The van der Waals surface area contributed by atoms with Gasteiger partial charge in [-0.15, -0.1) is 0 Å². The van der Waals surface area contributed by atoms with Crippen LogP contribution in [0.15, 0.2) is 0 Å². The molecule has 0 aromatic rings. The van der Waals surface area contributed by atoms with E-state index in [9.17, 15) is 4.79 Å². The highest BCUT2D eigenvalue weighted by atomic mass is 16.2. The van der Waals surface area contributed by atoms with Gasteiger partial charge in [0.15, 0.2) is 0 Å². The fourth-order valence-corrected chi connectivity index (χ4v) is 2.24. The Morgan fingerprint density at radius 2 is 1.69 bits per heavy atom. The number of carbonyl (C=O) groups excluding carboxylic acids is 1. The van der Waals surface area contributed by atoms with Gasteiger partial charge in [0.25, 0.3) is 0 Å². The molecule has 2 fully saturated rings. The number of carbonyl (C=O) groups is 1. The second-order valence-corrected chi connectivity index (χ2v) is 4.11. The average Bonchev–Trinajstić information content (AvgIpc) is 2.32. The molecule has 2 saturated heterocycles. The number of hydrogen-bond acceptors (Lipinski definition) is 2. The first-order valence-corrected chi connectivity index (χ1v) is 5.03. The summed E-state index contributed by atoms with van der Waals surface area (Å²) in [6, 6.07) is -0.00425. The lowest BCUT2D eigenvalue weighted by molar-refractivity contribution is 0.191. The summed E-state index contributed by atoms with van der Waals surface area (Å²) < 4.78 is 0. The minimum atomic E-state index is -0.00425. The van der Waals surface area contributed by atoms with Crippen LogP contribution in [-0.4, -0.2) is 32.2 Å². The summed E-state index contributed by atoms with van der Waals surface area (Å²) in [5, 5.41) is 9.13. The summed E-state index contributed by atoms with van der Waals surface area (Å²) in [4.78, 5) is 11.1. The molecule has 3 N–H and O–H groups in total. The first-order chi connectivity index (χ1) is 6.31. The molecule has 0 radical (unpaired) electrons. The zero-order valence-corrected chi connectivity index (χ0v) is 7.86. The second-order valence-electron chi connectivity index (χ2n) is 4.11. The van der Waals surface area contributed by atoms with E-state index in [2.05, 4.69) is 16.0 Å². The van der Waals surface area contributed by atoms with Crippen LogP contribution in [0.25, 0.3) is 0 Å². The van der Waals surface area contributed by atoms with E-state index in [-0.39, 0.29) is 6.03 Å². The highest BCUT2D eigenvalue weighted by molar-refractivity contribution is 5.74. The summed E-state index contributed by atoms with van der Waals surface area (Å²) in [6.45, 7) is 3.86. The van der Waals surface area contributed by atoms with Gasteiger partial charge in [0.1, 0.15) is 0 Å². The van der Waals surface area contributed by atoms with Gasteiger partial charge in [-0.2, -0.15) is 0 Å². The van der Waals surface area contributed by atoms with E-state index in [0.29, 0.717) is 5.41 Å². The molecule has 2 heterocycles. The molecule has 4 nitrogen and oxygen atoms in total. The molecule has 2 amide bonds. The van der Waals surface area contributed by atoms with Crippen LogP contribution in [-0.2, 0) is 0 Å². The van der Waals surface area contributed by atoms with E-state index in [0.717, 1.165) is 32.6 Å². The SMILES string of the molecule is O=C1NCCC2(CCNCC2)CN1. The Hall–Kier alpha value is -0.770. The van der Waals surface area contributed by atoms with Crippen molar-refractivity contribution in [3.05, 3.63) is 0 Å². The van der Waals surface area contributed by atoms with Crippen molar-refractivity contribution in [3.8, 4) is 0 Å². The molecule has 4 heteroatoms. The normalized spacial score (nSPS) is 27.5. The third-order valence-electron chi connectivity index (χ3n) is 3.23. The van der Waals surface area contributed by atoms with Crippen molar-refractivity contribution >= 4 is 6.03 Å². The van der Waals surface area contributed by atoms with Crippen molar-refractivity contribution in [1.82, 2.24) is 16.0 Å². The van der Waals surface area contributed by atoms with Crippen LogP contribution in [0.4, 0.5) is 4.79 Å². The monoisotopic (exact) mass is 183 g/mol. The summed E-state index contributed by atoms with van der Waals surface area (Å²) in [7, 11) is 0. The Morgan fingerprint density at radius 1 is 1.00 bits per heavy atom. The zero-order valence-electron chi connectivity index (χ0n) is 7.86. The standard InChI is InChI=1S/C9H17N3O/c13-8-11-6-3-9(7-12-8)1-4-10-5-2-9/h10H,1-7H2,(H2,11,12,13). The van der Waals surface area contributed by atoms with E-state index in [1.54, 1.807) is 0 Å². The number of rotatable bonds is 0. The molecule has 0 aromatic heterocycles. The quantitative estimate of drug-likeness (QED) is 0.497. The number of urea groups is 1. The van der Waals surface area contributed by atoms with Crippen LogP contribution in [0.3, 0.4) is 0 Å². The third-order valence-corrected chi connectivity index (χ3v) is 3.23. The van der Waals surface area contributed by atoms with Crippen LogP contribution in [0.5, 0.6) is 0 Å². The fourth-order valence-electron chi connectivity index (χ4n) is 2.24. The lowest BCUT2D eigenvalue weighted by Gasteiger charge is -2.36. The van der Waals surface area contributed by atoms with Crippen LogP contribution >= 0.6 is 0 Å². The Balaban J connectivity index is 1.99. The molecule has 0 aliphatic carbocycles. The van der Waals surface area contributed by atoms with Crippen molar-refractivity contribution in [3.63, 3.8) is 0 Å². The first-order valence-electron chi connectivity index (χ1n) is 5.03. The molecule has 0 unspecified atom stereocenters. The second kappa shape index (κ2) is 3.54. The van der Waals surface area contributed by atoms with Gasteiger partial charge in [-0.1, -0.05) is 0 Å². The van der Waals surface area contributed by atoms with Crippen molar-refractivity contribution in [2.45, 2.75) is 19.3 Å². The summed E-state index contributed by atoms with van der Waals surface area (Å²) in [5.74, 6) is 0. The molecular weight excluding hydrogens is 166 g/mol. The van der Waals surface area contributed by atoms with Gasteiger partial charge in [-0.25, -0.2) is 4.79 Å². The predicted octanol–water partition coefficient (Wildman–Crippen LogP) is 0.0591. The Kier molecular flexibility index (Phi) is 2.40. The molecule has 74 valence electrons. The summed E-state index contributed by atoms with van der Waals surface area (Å²) in [5.41, 5.74) is 0.365. The minimum Gasteiger partial charge on any atom is -0.338 e. The van der Waals surface area contributed by atoms with Crippen molar-refractivity contribution in [2.24, 2.45) is 5.41 Å². The number of hydrogen-bond donors (Lipinski definition) is 3. The maximum absolute atomic E-state index is 11.1. The Bertz CT molecular complexity index is 199. The number of amides is 2. The molecule has 0 aromatic carbocycles. The average molecular weight is 183 g/mol. The number of piperidine rings is 1. The lowest BCUT2D eigenvalue weighted by atomic mass is 9.76. The van der Waals surface area contributed by atoms with Gasteiger partial charge in [-0.05, 0) is 37.8 Å². The smallest absolute Gasteiger partial charge is 0.314 e. The van der Waals surface area contributed by atoms with Gasteiger partial charge in [0.2, 0.25) is 0 Å². The van der Waals surface area contributed by atoms with Crippen LogP contribution in [0, 0.1) is 5.41 Å². The fraction of sp³-hybridized carbons (Fsp3) is 0.889. The van der Waals surface area contributed by atoms with E-state index >= 15 is 0 Å². The van der Waals surface area contributed by atoms with Gasteiger partial charge < -0.3 is 16.0 Å². The van der Waals surface area contributed by atoms with Crippen LogP contribution in [0.2, 0.25) is 0 Å². The highest BCUT2D eigenvalue weighted by Gasteiger charge is 2.33. The third kappa shape index (κ3) is 1.94. The lowest BCUT2D eigenvalue weighted by Crippen LogP contribution is -2.43. The molecule has 1 spiro atoms. The van der Waals surface area contributed by atoms with Crippen molar-refractivity contribution < 1.29 is 4.79 Å². The molecule has 0 bridgehead atoms. The Morgan fingerprint density at radius 3 is 2.46 bits per heavy atom. The largest absolute Gasteiger partial charge is 0.338 e. The maximum atomic E-state index is 11.1. The van der Waals surface area contributed by atoms with E-state index in [4.69, 9.17) is 0 Å². The van der Waals surface area contributed by atoms with Crippen molar-refractivity contribution in [1.29, 1.82) is 0 Å². The van der Waals surface area contributed by atoms with Gasteiger partial charge >= 0.3 is 6.03 Å². The zero-order chi connectivity index (χ0) is 9.15. The van der Waals surface area contributed by atoms with Crippen LogP contribution in [0.1, 0.15) is 19.3 Å².